The van der Waals surface area contributed by atoms with E-state index in [1.54, 1.807) is 0 Å². The number of ether oxygens (including phenoxy) is 4. The van der Waals surface area contributed by atoms with Crippen LogP contribution in [0.3, 0.4) is 0 Å². The SMILES string of the molecule is COC(CCCOC(=O)C(C)CN(Cc1ccccc1)Cc1ccccc1)(OC)OC. The van der Waals surface area contributed by atoms with E-state index >= 15 is 0 Å². The van der Waals surface area contributed by atoms with Gasteiger partial charge in [-0.25, -0.2) is 0 Å². The van der Waals surface area contributed by atoms with Crippen molar-refractivity contribution >= 4 is 5.97 Å². The zero-order valence-corrected chi connectivity index (χ0v) is 19.1. The fourth-order valence-electron chi connectivity index (χ4n) is 3.49. The van der Waals surface area contributed by atoms with Crippen LogP contribution in [0.4, 0.5) is 0 Å². The Labute approximate surface area is 186 Å². The molecule has 170 valence electrons. The highest BCUT2D eigenvalue weighted by atomic mass is 16.9. The number of carbonyl (C=O) groups excluding carboxylic acids is 1. The van der Waals surface area contributed by atoms with Gasteiger partial charge in [-0.05, 0) is 17.5 Å². The third kappa shape index (κ3) is 8.42. The number of rotatable bonds is 14. The minimum Gasteiger partial charge on any atom is -0.465 e. The molecule has 0 bridgehead atoms. The molecule has 6 heteroatoms. The Bertz CT molecular complexity index is 699. The average Bonchev–Trinajstić information content (AvgIpc) is 2.81. The van der Waals surface area contributed by atoms with Gasteiger partial charge in [-0.2, -0.15) is 0 Å². The molecule has 0 spiro atoms. The molecule has 0 saturated carbocycles. The Hall–Kier alpha value is -2.25. The van der Waals surface area contributed by atoms with Crippen molar-refractivity contribution in [1.82, 2.24) is 4.90 Å². The van der Waals surface area contributed by atoms with Gasteiger partial charge in [-0.3, -0.25) is 9.69 Å². The number of nitrogens with zero attached hydrogens (tertiary/aromatic N) is 1. The lowest BCUT2D eigenvalue weighted by Crippen LogP contribution is -2.36. The summed E-state index contributed by atoms with van der Waals surface area (Å²) in [5.41, 5.74) is 2.43. The Morgan fingerprint density at radius 3 is 1.81 bits per heavy atom. The van der Waals surface area contributed by atoms with Gasteiger partial charge in [0.15, 0.2) is 0 Å². The van der Waals surface area contributed by atoms with E-state index in [4.69, 9.17) is 18.9 Å². The first-order valence-corrected chi connectivity index (χ1v) is 10.6. The van der Waals surface area contributed by atoms with E-state index in [9.17, 15) is 4.79 Å². The van der Waals surface area contributed by atoms with Gasteiger partial charge in [0.2, 0.25) is 0 Å². The van der Waals surface area contributed by atoms with Crippen LogP contribution in [0.1, 0.15) is 30.9 Å². The molecule has 2 aromatic rings. The lowest BCUT2D eigenvalue weighted by Gasteiger charge is -2.28. The van der Waals surface area contributed by atoms with Gasteiger partial charge in [0.05, 0.1) is 12.5 Å². The number of carbonyl (C=O) groups is 1. The highest BCUT2D eigenvalue weighted by Gasteiger charge is 2.29. The lowest BCUT2D eigenvalue weighted by atomic mass is 10.1. The standard InChI is InChI=1S/C25H35NO5/c1-21(24(27)31-17-11-16-25(28-2,29-3)30-4)18-26(19-22-12-7-5-8-13-22)20-23-14-9-6-10-15-23/h5-10,12-15,21H,11,16-20H2,1-4H3. The van der Waals surface area contributed by atoms with Crippen LogP contribution in [0.2, 0.25) is 0 Å². The zero-order valence-electron chi connectivity index (χ0n) is 19.1. The number of esters is 1. The summed E-state index contributed by atoms with van der Waals surface area (Å²) in [5.74, 6) is -1.55. The van der Waals surface area contributed by atoms with E-state index in [1.165, 1.54) is 32.5 Å². The Morgan fingerprint density at radius 2 is 1.35 bits per heavy atom. The van der Waals surface area contributed by atoms with Gasteiger partial charge in [0.1, 0.15) is 0 Å². The molecule has 0 heterocycles. The Morgan fingerprint density at radius 1 is 0.871 bits per heavy atom. The number of hydrogen-bond acceptors (Lipinski definition) is 6. The van der Waals surface area contributed by atoms with Crippen LogP contribution in [0.25, 0.3) is 0 Å². The smallest absolute Gasteiger partial charge is 0.309 e. The first kappa shape index (κ1) is 25.0. The van der Waals surface area contributed by atoms with Gasteiger partial charge in [0, 0.05) is 47.4 Å². The van der Waals surface area contributed by atoms with E-state index < -0.39 is 5.97 Å². The van der Waals surface area contributed by atoms with E-state index in [0.717, 1.165) is 13.1 Å². The van der Waals surface area contributed by atoms with Gasteiger partial charge in [-0.15, -0.1) is 0 Å². The summed E-state index contributed by atoms with van der Waals surface area (Å²) in [7, 11) is 4.57. The molecule has 0 radical (unpaired) electrons. The second kappa shape index (κ2) is 13.2. The maximum atomic E-state index is 12.6. The summed E-state index contributed by atoms with van der Waals surface area (Å²) < 4.78 is 21.3. The lowest BCUT2D eigenvalue weighted by molar-refractivity contribution is -0.355. The van der Waals surface area contributed by atoms with Crippen LogP contribution in [0.15, 0.2) is 60.7 Å². The van der Waals surface area contributed by atoms with Crippen molar-refractivity contribution in [2.75, 3.05) is 34.5 Å². The molecule has 2 rings (SSSR count). The Kier molecular flexibility index (Phi) is 10.7. The normalized spacial score (nSPS) is 12.7. The molecule has 1 unspecified atom stereocenters. The van der Waals surface area contributed by atoms with Crippen molar-refractivity contribution < 1.29 is 23.7 Å². The molecular formula is C25H35NO5. The average molecular weight is 430 g/mol. The summed E-state index contributed by atoms with van der Waals surface area (Å²) in [6.07, 6.45) is 1.04. The van der Waals surface area contributed by atoms with Crippen LogP contribution >= 0.6 is 0 Å². The molecule has 2 aromatic carbocycles. The molecule has 0 fully saturated rings. The third-order valence-electron chi connectivity index (χ3n) is 5.24. The first-order chi connectivity index (χ1) is 15.0. The van der Waals surface area contributed by atoms with Crippen molar-refractivity contribution in [2.24, 2.45) is 5.92 Å². The van der Waals surface area contributed by atoms with E-state index in [-0.39, 0.29) is 11.9 Å². The first-order valence-electron chi connectivity index (χ1n) is 10.6. The highest BCUT2D eigenvalue weighted by Crippen LogP contribution is 2.19. The maximum Gasteiger partial charge on any atom is 0.309 e. The topological polar surface area (TPSA) is 57.2 Å². The Balaban J connectivity index is 1.89. The number of benzene rings is 2. The van der Waals surface area contributed by atoms with E-state index in [2.05, 4.69) is 29.2 Å². The number of methoxy groups -OCH3 is 3. The van der Waals surface area contributed by atoms with Crippen molar-refractivity contribution in [3.63, 3.8) is 0 Å². The minimum absolute atomic E-state index is 0.205. The fraction of sp³-hybridized carbons (Fsp3) is 0.480. The number of hydrogen-bond donors (Lipinski definition) is 0. The molecule has 0 saturated heterocycles. The third-order valence-corrected chi connectivity index (χ3v) is 5.24. The summed E-state index contributed by atoms with van der Waals surface area (Å²) in [6, 6.07) is 20.6. The zero-order chi connectivity index (χ0) is 22.5. The molecule has 0 N–H and O–H groups in total. The predicted octanol–water partition coefficient (Wildman–Crippen LogP) is 4.24. The van der Waals surface area contributed by atoms with Gasteiger partial charge >= 0.3 is 5.97 Å². The van der Waals surface area contributed by atoms with Crippen molar-refractivity contribution in [3.8, 4) is 0 Å². The van der Waals surface area contributed by atoms with Gasteiger partial charge < -0.3 is 18.9 Å². The van der Waals surface area contributed by atoms with E-state index in [1.807, 2.05) is 43.3 Å². The summed E-state index contributed by atoms with van der Waals surface area (Å²) >= 11 is 0. The molecule has 31 heavy (non-hydrogen) atoms. The highest BCUT2D eigenvalue weighted by molar-refractivity contribution is 5.72. The molecule has 6 nitrogen and oxygen atoms in total. The minimum atomic E-state index is -1.10. The van der Waals surface area contributed by atoms with Crippen LogP contribution in [-0.2, 0) is 36.8 Å². The second-order valence-electron chi connectivity index (χ2n) is 7.61. The molecule has 0 aliphatic heterocycles. The molecule has 0 amide bonds. The van der Waals surface area contributed by atoms with Crippen LogP contribution in [0, 0.1) is 5.92 Å². The molecule has 0 aliphatic carbocycles. The fourth-order valence-corrected chi connectivity index (χ4v) is 3.49. The summed E-state index contributed by atoms with van der Waals surface area (Å²) in [5, 5.41) is 0. The van der Waals surface area contributed by atoms with Gasteiger partial charge in [0.25, 0.3) is 5.97 Å². The predicted molar refractivity (Wildman–Crippen MR) is 120 cm³/mol. The van der Waals surface area contributed by atoms with Crippen molar-refractivity contribution in [3.05, 3.63) is 71.8 Å². The summed E-state index contributed by atoms with van der Waals surface area (Å²) in [6.45, 7) is 4.35. The van der Waals surface area contributed by atoms with Crippen molar-refractivity contribution in [2.45, 2.75) is 38.8 Å². The van der Waals surface area contributed by atoms with Crippen LogP contribution in [0.5, 0.6) is 0 Å². The maximum absolute atomic E-state index is 12.6. The van der Waals surface area contributed by atoms with Crippen molar-refractivity contribution in [1.29, 1.82) is 0 Å². The molecule has 1 atom stereocenters. The van der Waals surface area contributed by atoms with Crippen LogP contribution in [-0.4, -0.2) is 51.3 Å². The van der Waals surface area contributed by atoms with Crippen LogP contribution < -0.4 is 0 Å². The monoisotopic (exact) mass is 429 g/mol. The summed E-state index contributed by atoms with van der Waals surface area (Å²) in [4.78, 5) is 14.9. The largest absolute Gasteiger partial charge is 0.465 e. The quantitative estimate of drug-likeness (QED) is 0.254. The van der Waals surface area contributed by atoms with E-state index in [0.29, 0.717) is 26.0 Å². The molecular weight excluding hydrogens is 394 g/mol. The molecule has 0 aromatic heterocycles. The second-order valence-corrected chi connectivity index (χ2v) is 7.61. The van der Waals surface area contributed by atoms with Gasteiger partial charge in [-0.1, -0.05) is 67.6 Å². The molecule has 0 aliphatic rings.